The maximum absolute atomic E-state index is 11.8. The van der Waals surface area contributed by atoms with Crippen LogP contribution in [0.5, 0.6) is 0 Å². The normalized spacial score (nSPS) is 10.8. The molecule has 2 aromatic carbocycles. The Morgan fingerprint density at radius 3 is 2.68 bits per heavy atom. The van der Waals surface area contributed by atoms with E-state index >= 15 is 0 Å². The number of carbonyl (C=O) groups excluding carboxylic acids is 1. The van der Waals surface area contributed by atoms with E-state index in [9.17, 15) is 9.59 Å². The van der Waals surface area contributed by atoms with Crippen molar-refractivity contribution in [1.29, 1.82) is 0 Å². The first-order chi connectivity index (χ1) is 9.20. The molecule has 19 heavy (non-hydrogen) atoms. The van der Waals surface area contributed by atoms with Crippen molar-refractivity contribution in [2.45, 2.75) is 0 Å². The summed E-state index contributed by atoms with van der Waals surface area (Å²) in [6, 6.07) is 13.2. The van der Waals surface area contributed by atoms with Crippen LogP contribution >= 0.6 is 0 Å². The van der Waals surface area contributed by atoms with Crippen LogP contribution in [-0.4, -0.2) is 18.1 Å². The summed E-state index contributed by atoms with van der Waals surface area (Å²) >= 11 is 0. The van der Waals surface area contributed by atoms with E-state index < -0.39 is 11.5 Å². The molecule has 0 radical (unpaired) electrons. The van der Waals surface area contributed by atoms with Crippen molar-refractivity contribution in [1.82, 2.24) is 4.98 Å². The summed E-state index contributed by atoms with van der Waals surface area (Å²) in [5.41, 5.74) is 0.289. The molecule has 3 rings (SSSR count). The Hall–Kier alpha value is -2.62. The molecule has 0 aliphatic carbocycles. The largest absolute Gasteiger partial charge is 0.465 e. The van der Waals surface area contributed by atoms with Crippen LogP contribution in [0.15, 0.2) is 47.3 Å². The molecule has 0 fully saturated rings. The third-order valence-corrected chi connectivity index (χ3v) is 3.16. The van der Waals surface area contributed by atoms with Gasteiger partial charge in [-0.25, -0.2) is 4.79 Å². The molecule has 0 unspecified atom stereocenters. The lowest BCUT2D eigenvalue weighted by molar-refractivity contribution is 0.0599. The highest BCUT2D eigenvalue weighted by molar-refractivity contribution is 6.08. The minimum Gasteiger partial charge on any atom is -0.465 e. The molecular formula is C15H11NO3. The van der Waals surface area contributed by atoms with E-state index in [0.29, 0.717) is 5.52 Å². The van der Waals surface area contributed by atoms with Crippen molar-refractivity contribution in [2.24, 2.45) is 0 Å². The van der Waals surface area contributed by atoms with Gasteiger partial charge in [-0.3, -0.25) is 4.79 Å². The van der Waals surface area contributed by atoms with E-state index in [1.54, 1.807) is 6.07 Å². The Balaban J connectivity index is 2.45. The van der Waals surface area contributed by atoms with Gasteiger partial charge >= 0.3 is 5.97 Å². The molecule has 0 amide bonds. The van der Waals surface area contributed by atoms with Crippen LogP contribution in [0.3, 0.4) is 0 Å². The minimum absolute atomic E-state index is 0.0198. The van der Waals surface area contributed by atoms with E-state index in [4.69, 9.17) is 0 Å². The van der Waals surface area contributed by atoms with Crippen LogP contribution in [0.4, 0.5) is 0 Å². The predicted molar refractivity (Wildman–Crippen MR) is 73.4 cm³/mol. The quantitative estimate of drug-likeness (QED) is 0.535. The molecule has 0 bridgehead atoms. The second-order valence-corrected chi connectivity index (χ2v) is 4.25. The van der Waals surface area contributed by atoms with Gasteiger partial charge in [-0.1, -0.05) is 30.3 Å². The van der Waals surface area contributed by atoms with Crippen LogP contribution in [0.2, 0.25) is 0 Å². The second-order valence-electron chi connectivity index (χ2n) is 4.25. The number of hydrogen-bond donors (Lipinski definition) is 1. The maximum atomic E-state index is 11.8. The maximum Gasteiger partial charge on any atom is 0.343 e. The Morgan fingerprint density at radius 2 is 1.89 bits per heavy atom. The standard InChI is InChI=1S/C15H11NO3/c1-19-15(18)12-8-11-10-5-3-2-4-9(10)6-7-13(11)16-14(12)17/h2-8H,1H3,(H,16,17). The van der Waals surface area contributed by atoms with Crippen molar-refractivity contribution >= 4 is 27.6 Å². The number of hydrogen-bond acceptors (Lipinski definition) is 3. The van der Waals surface area contributed by atoms with Crippen molar-refractivity contribution in [3.8, 4) is 0 Å². The molecule has 3 aromatic rings. The zero-order valence-corrected chi connectivity index (χ0v) is 10.3. The average molecular weight is 253 g/mol. The first-order valence-electron chi connectivity index (χ1n) is 5.84. The van der Waals surface area contributed by atoms with Crippen molar-refractivity contribution in [3.63, 3.8) is 0 Å². The lowest BCUT2D eigenvalue weighted by Gasteiger charge is -2.05. The SMILES string of the molecule is COC(=O)c1cc2c(ccc3ccccc32)[nH]c1=O. The average Bonchev–Trinajstić information content (AvgIpc) is 2.45. The molecule has 1 N–H and O–H groups in total. The summed E-state index contributed by atoms with van der Waals surface area (Å²) in [5.74, 6) is -0.629. The Morgan fingerprint density at radius 1 is 1.11 bits per heavy atom. The van der Waals surface area contributed by atoms with E-state index in [-0.39, 0.29) is 5.56 Å². The molecule has 1 aromatic heterocycles. The Kier molecular flexibility index (Phi) is 2.56. The number of aromatic amines is 1. The van der Waals surface area contributed by atoms with Crippen LogP contribution in [0, 0.1) is 0 Å². The van der Waals surface area contributed by atoms with E-state index in [1.165, 1.54) is 7.11 Å². The number of rotatable bonds is 1. The number of H-pyrrole nitrogens is 1. The third kappa shape index (κ3) is 1.78. The summed E-state index contributed by atoms with van der Waals surface area (Å²) in [6.45, 7) is 0. The number of benzene rings is 2. The molecule has 0 atom stereocenters. The number of fused-ring (bicyclic) bond motifs is 3. The number of pyridine rings is 1. The molecular weight excluding hydrogens is 242 g/mol. The Labute approximate surface area is 108 Å². The first-order valence-corrected chi connectivity index (χ1v) is 5.84. The minimum atomic E-state index is -0.629. The molecule has 4 heteroatoms. The number of methoxy groups -OCH3 is 1. The zero-order valence-electron chi connectivity index (χ0n) is 10.3. The summed E-state index contributed by atoms with van der Waals surface area (Å²) < 4.78 is 4.62. The van der Waals surface area contributed by atoms with Crippen molar-refractivity contribution in [3.05, 3.63) is 58.4 Å². The topological polar surface area (TPSA) is 59.2 Å². The number of aromatic nitrogens is 1. The van der Waals surface area contributed by atoms with E-state index in [0.717, 1.165) is 16.2 Å². The van der Waals surface area contributed by atoms with Crippen LogP contribution in [-0.2, 0) is 4.74 Å². The number of nitrogens with one attached hydrogen (secondary N) is 1. The fourth-order valence-electron chi connectivity index (χ4n) is 2.22. The van der Waals surface area contributed by atoms with Crippen LogP contribution in [0.25, 0.3) is 21.7 Å². The molecule has 0 saturated carbocycles. The Bertz CT molecular complexity index is 849. The summed E-state index contributed by atoms with van der Waals surface area (Å²) in [5, 5.41) is 2.87. The van der Waals surface area contributed by atoms with Crippen molar-refractivity contribution < 1.29 is 9.53 Å². The molecule has 0 saturated heterocycles. The molecule has 0 spiro atoms. The highest BCUT2D eigenvalue weighted by atomic mass is 16.5. The second kappa shape index (κ2) is 4.24. The van der Waals surface area contributed by atoms with Gasteiger partial charge in [-0.15, -0.1) is 0 Å². The molecule has 94 valence electrons. The predicted octanol–water partition coefficient (Wildman–Crippen LogP) is 2.47. The van der Waals surface area contributed by atoms with E-state index in [1.807, 2.05) is 36.4 Å². The molecule has 0 aliphatic heterocycles. The van der Waals surface area contributed by atoms with Gasteiger partial charge in [0.05, 0.1) is 7.11 Å². The molecule has 0 aliphatic rings. The lowest BCUT2D eigenvalue weighted by Crippen LogP contribution is -2.18. The summed E-state index contributed by atoms with van der Waals surface area (Å²) in [7, 11) is 1.26. The molecule has 4 nitrogen and oxygen atoms in total. The van der Waals surface area contributed by atoms with Gasteiger partial charge in [-0.2, -0.15) is 0 Å². The van der Waals surface area contributed by atoms with Crippen molar-refractivity contribution in [2.75, 3.05) is 7.11 Å². The van der Waals surface area contributed by atoms with Gasteiger partial charge in [0.1, 0.15) is 5.56 Å². The first kappa shape index (κ1) is 11.5. The zero-order chi connectivity index (χ0) is 13.4. The van der Waals surface area contributed by atoms with Crippen LogP contribution in [0.1, 0.15) is 10.4 Å². The molecule has 1 heterocycles. The van der Waals surface area contributed by atoms with Crippen LogP contribution < -0.4 is 5.56 Å². The monoisotopic (exact) mass is 253 g/mol. The summed E-state index contributed by atoms with van der Waals surface area (Å²) in [4.78, 5) is 26.1. The van der Waals surface area contributed by atoms with Gasteiger partial charge in [0.25, 0.3) is 5.56 Å². The summed E-state index contributed by atoms with van der Waals surface area (Å²) in [6.07, 6.45) is 0. The number of ether oxygens (including phenoxy) is 1. The smallest absolute Gasteiger partial charge is 0.343 e. The van der Waals surface area contributed by atoms with Gasteiger partial charge in [0.2, 0.25) is 0 Å². The fourth-order valence-corrected chi connectivity index (χ4v) is 2.22. The lowest BCUT2D eigenvalue weighted by atomic mass is 10.0. The van der Waals surface area contributed by atoms with Gasteiger partial charge in [-0.05, 0) is 22.9 Å². The highest BCUT2D eigenvalue weighted by Gasteiger charge is 2.12. The fraction of sp³-hybridized carbons (Fsp3) is 0.0667. The van der Waals surface area contributed by atoms with Gasteiger partial charge in [0, 0.05) is 10.9 Å². The van der Waals surface area contributed by atoms with E-state index in [2.05, 4.69) is 9.72 Å². The van der Waals surface area contributed by atoms with Gasteiger partial charge < -0.3 is 9.72 Å². The highest BCUT2D eigenvalue weighted by Crippen LogP contribution is 2.23. The number of carbonyl (C=O) groups is 1. The third-order valence-electron chi connectivity index (χ3n) is 3.16. The van der Waals surface area contributed by atoms with Gasteiger partial charge in [0.15, 0.2) is 0 Å². The number of esters is 1.